The van der Waals surface area contributed by atoms with Crippen molar-refractivity contribution in [3.05, 3.63) is 65.7 Å². The standard InChI is InChI=1S/C26H30N2O3/c1-3-4-19-28-24(29)17-16-22(25(28)21-14-8-9-15-23(21)31-2)26(30)27-18-10-13-20-11-6-5-7-12-20/h5-9,11-12,14-15,22,25H,3-4,16-19H2,1-2H3,(H,27,30). The first-order valence-corrected chi connectivity index (χ1v) is 10.9. The van der Waals surface area contributed by atoms with Crippen LogP contribution < -0.4 is 10.1 Å². The van der Waals surface area contributed by atoms with Gasteiger partial charge in [0, 0.05) is 24.1 Å². The minimum absolute atomic E-state index is 0.0766. The molecule has 5 heteroatoms. The molecule has 2 amide bonds. The zero-order valence-corrected chi connectivity index (χ0v) is 18.3. The van der Waals surface area contributed by atoms with E-state index in [0.717, 1.165) is 24.0 Å². The highest BCUT2D eigenvalue weighted by Crippen LogP contribution is 2.40. The second kappa shape index (κ2) is 11.2. The molecule has 1 aliphatic heterocycles. The van der Waals surface area contributed by atoms with Crippen LogP contribution in [0.1, 0.15) is 49.8 Å². The fraction of sp³-hybridized carbons (Fsp3) is 0.385. The number of ether oxygens (including phenoxy) is 1. The summed E-state index contributed by atoms with van der Waals surface area (Å²) >= 11 is 0. The van der Waals surface area contributed by atoms with Gasteiger partial charge in [-0.1, -0.05) is 61.6 Å². The third-order valence-corrected chi connectivity index (χ3v) is 5.61. The van der Waals surface area contributed by atoms with E-state index < -0.39 is 0 Å². The number of unbranched alkanes of at least 4 members (excludes halogenated alkanes) is 1. The van der Waals surface area contributed by atoms with E-state index in [1.54, 1.807) is 7.11 Å². The molecule has 0 radical (unpaired) electrons. The van der Waals surface area contributed by atoms with E-state index in [1.165, 1.54) is 0 Å². The minimum Gasteiger partial charge on any atom is -0.496 e. The number of piperidine rings is 1. The van der Waals surface area contributed by atoms with Gasteiger partial charge in [0.1, 0.15) is 5.75 Å². The second-order valence-electron chi connectivity index (χ2n) is 7.66. The molecule has 0 bridgehead atoms. The summed E-state index contributed by atoms with van der Waals surface area (Å²) in [5.74, 6) is 6.45. The van der Waals surface area contributed by atoms with Gasteiger partial charge in [-0.15, -0.1) is 0 Å². The molecule has 3 rings (SSSR count). The van der Waals surface area contributed by atoms with E-state index >= 15 is 0 Å². The van der Waals surface area contributed by atoms with E-state index in [9.17, 15) is 9.59 Å². The first kappa shape index (κ1) is 22.4. The van der Waals surface area contributed by atoms with Gasteiger partial charge in [0.2, 0.25) is 11.8 Å². The van der Waals surface area contributed by atoms with E-state index in [-0.39, 0.29) is 30.3 Å². The number of hydrogen-bond acceptors (Lipinski definition) is 3. The monoisotopic (exact) mass is 418 g/mol. The molecule has 5 nitrogen and oxygen atoms in total. The lowest BCUT2D eigenvalue weighted by molar-refractivity contribution is -0.143. The van der Waals surface area contributed by atoms with Gasteiger partial charge in [0.05, 0.1) is 25.6 Å². The molecule has 2 unspecified atom stereocenters. The van der Waals surface area contributed by atoms with Crippen LogP contribution in [-0.2, 0) is 9.59 Å². The summed E-state index contributed by atoms with van der Waals surface area (Å²) in [6, 6.07) is 17.0. The summed E-state index contributed by atoms with van der Waals surface area (Å²) in [5, 5.41) is 2.96. The first-order valence-electron chi connectivity index (χ1n) is 10.9. The van der Waals surface area contributed by atoms with Gasteiger partial charge in [0.15, 0.2) is 0 Å². The number of carbonyl (C=O) groups excluding carboxylic acids is 2. The number of methoxy groups -OCH3 is 1. The Morgan fingerprint density at radius 1 is 1.16 bits per heavy atom. The highest BCUT2D eigenvalue weighted by molar-refractivity contribution is 5.85. The Bertz CT molecular complexity index is 946. The van der Waals surface area contributed by atoms with Gasteiger partial charge in [-0.25, -0.2) is 0 Å². The van der Waals surface area contributed by atoms with Crippen LogP contribution >= 0.6 is 0 Å². The predicted molar refractivity (Wildman–Crippen MR) is 121 cm³/mol. The molecule has 31 heavy (non-hydrogen) atoms. The molecular weight excluding hydrogens is 388 g/mol. The third-order valence-electron chi connectivity index (χ3n) is 5.61. The second-order valence-corrected chi connectivity index (χ2v) is 7.66. The lowest BCUT2D eigenvalue weighted by Gasteiger charge is -2.41. The number of nitrogens with one attached hydrogen (secondary N) is 1. The van der Waals surface area contributed by atoms with Crippen molar-refractivity contribution in [3.8, 4) is 17.6 Å². The van der Waals surface area contributed by atoms with Crippen LogP contribution in [0.4, 0.5) is 0 Å². The molecular formula is C26H30N2O3. The van der Waals surface area contributed by atoms with Gasteiger partial charge >= 0.3 is 0 Å². The number of likely N-dealkylation sites (tertiary alicyclic amines) is 1. The summed E-state index contributed by atoms with van der Waals surface area (Å²) in [6.07, 6.45) is 2.77. The maximum absolute atomic E-state index is 13.2. The Morgan fingerprint density at radius 3 is 2.65 bits per heavy atom. The van der Waals surface area contributed by atoms with Crippen molar-refractivity contribution in [1.29, 1.82) is 0 Å². The fourth-order valence-electron chi connectivity index (χ4n) is 4.05. The summed E-state index contributed by atoms with van der Waals surface area (Å²) in [6.45, 7) is 3.00. The van der Waals surface area contributed by atoms with E-state index in [0.29, 0.717) is 25.1 Å². The van der Waals surface area contributed by atoms with E-state index in [2.05, 4.69) is 24.1 Å². The summed E-state index contributed by atoms with van der Waals surface area (Å²) in [5.41, 5.74) is 1.79. The molecule has 1 fully saturated rings. The van der Waals surface area contributed by atoms with Crippen LogP contribution in [0.15, 0.2) is 54.6 Å². The maximum Gasteiger partial charge on any atom is 0.226 e. The Balaban J connectivity index is 1.81. The van der Waals surface area contributed by atoms with Crippen LogP contribution in [0.25, 0.3) is 0 Å². The smallest absolute Gasteiger partial charge is 0.226 e. The van der Waals surface area contributed by atoms with Gasteiger partial charge in [-0.3, -0.25) is 9.59 Å². The van der Waals surface area contributed by atoms with Crippen molar-refractivity contribution in [2.45, 2.75) is 38.6 Å². The van der Waals surface area contributed by atoms with Gasteiger partial charge in [-0.05, 0) is 31.0 Å². The van der Waals surface area contributed by atoms with Crippen molar-refractivity contribution in [2.24, 2.45) is 5.92 Å². The normalized spacial score (nSPS) is 18.1. The Hall–Kier alpha value is -3.26. The quantitative estimate of drug-likeness (QED) is 0.693. The van der Waals surface area contributed by atoms with Crippen molar-refractivity contribution in [1.82, 2.24) is 10.2 Å². The van der Waals surface area contributed by atoms with Crippen LogP contribution in [-0.4, -0.2) is 36.9 Å². The van der Waals surface area contributed by atoms with Crippen LogP contribution in [0.3, 0.4) is 0 Å². The Morgan fingerprint density at radius 2 is 1.90 bits per heavy atom. The van der Waals surface area contributed by atoms with Gasteiger partial charge < -0.3 is 15.0 Å². The van der Waals surface area contributed by atoms with Crippen LogP contribution in [0, 0.1) is 17.8 Å². The molecule has 1 saturated heterocycles. The zero-order valence-electron chi connectivity index (χ0n) is 18.3. The first-order chi connectivity index (χ1) is 15.2. The summed E-state index contributed by atoms with van der Waals surface area (Å²) in [7, 11) is 1.62. The molecule has 162 valence electrons. The average Bonchev–Trinajstić information content (AvgIpc) is 2.81. The molecule has 2 aromatic rings. The highest BCUT2D eigenvalue weighted by atomic mass is 16.5. The molecule has 1 heterocycles. The lowest BCUT2D eigenvalue weighted by Crippen LogP contribution is -2.48. The van der Waals surface area contributed by atoms with Crippen molar-refractivity contribution in [3.63, 3.8) is 0 Å². The van der Waals surface area contributed by atoms with E-state index in [4.69, 9.17) is 4.74 Å². The lowest BCUT2D eigenvalue weighted by atomic mass is 9.83. The zero-order chi connectivity index (χ0) is 22.1. The fourth-order valence-corrected chi connectivity index (χ4v) is 4.05. The topological polar surface area (TPSA) is 58.6 Å². The van der Waals surface area contributed by atoms with Crippen molar-refractivity contribution in [2.75, 3.05) is 20.2 Å². The number of benzene rings is 2. The molecule has 0 spiro atoms. The molecule has 1 aliphatic rings. The average molecular weight is 419 g/mol. The Labute approximate surface area is 184 Å². The van der Waals surface area contributed by atoms with E-state index in [1.807, 2.05) is 59.5 Å². The number of amides is 2. The van der Waals surface area contributed by atoms with Gasteiger partial charge in [-0.2, -0.15) is 0 Å². The third kappa shape index (κ3) is 5.67. The summed E-state index contributed by atoms with van der Waals surface area (Å²) < 4.78 is 5.57. The molecule has 2 aromatic carbocycles. The van der Waals surface area contributed by atoms with Crippen molar-refractivity contribution < 1.29 is 14.3 Å². The number of para-hydroxylation sites is 1. The SMILES string of the molecule is CCCCN1C(=O)CCC(C(=O)NCC#Cc2ccccc2)C1c1ccccc1OC. The van der Waals surface area contributed by atoms with Crippen molar-refractivity contribution >= 4 is 11.8 Å². The predicted octanol–water partition coefficient (Wildman–Crippen LogP) is 3.94. The molecule has 0 aromatic heterocycles. The largest absolute Gasteiger partial charge is 0.496 e. The number of carbonyl (C=O) groups is 2. The molecule has 0 saturated carbocycles. The molecule has 1 N–H and O–H groups in total. The number of nitrogens with zero attached hydrogens (tertiary/aromatic N) is 1. The maximum atomic E-state index is 13.2. The van der Waals surface area contributed by atoms with Crippen LogP contribution in [0.2, 0.25) is 0 Å². The number of rotatable bonds is 7. The summed E-state index contributed by atoms with van der Waals surface area (Å²) in [4.78, 5) is 27.8. The minimum atomic E-state index is -0.343. The highest BCUT2D eigenvalue weighted by Gasteiger charge is 2.41. The van der Waals surface area contributed by atoms with Crippen LogP contribution in [0.5, 0.6) is 5.75 Å². The molecule has 2 atom stereocenters. The molecule has 0 aliphatic carbocycles. The number of hydrogen-bond donors (Lipinski definition) is 1. The Kier molecular flexibility index (Phi) is 8.12. The van der Waals surface area contributed by atoms with Gasteiger partial charge in [0.25, 0.3) is 0 Å².